The van der Waals surface area contributed by atoms with Crippen molar-refractivity contribution in [2.24, 2.45) is 0 Å². The zero-order valence-electron chi connectivity index (χ0n) is 12.1. The van der Waals surface area contributed by atoms with Crippen molar-refractivity contribution in [3.8, 4) is 11.8 Å². The van der Waals surface area contributed by atoms with E-state index in [2.05, 4.69) is 60.4 Å². The topological polar surface area (TPSA) is 17.1 Å². The maximum Gasteiger partial charge on any atom is 0.185 e. The molecule has 0 aliphatic heterocycles. The van der Waals surface area contributed by atoms with Crippen LogP contribution in [0.5, 0.6) is 0 Å². The van der Waals surface area contributed by atoms with Gasteiger partial charge in [-0.1, -0.05) is 66.1 Å². The summed E-state index contributed by atoms with van der Waals surface area (Å²) in [6.07, 6.45) is 1.69. The van der Waals surface area contributed by atoms with Gasteiger partial charge in [0.15, 0.2) is 5.12 Å². The Balaban J connectivity index is 1.87. The Kier molecular flexibility index (Phi) is 6.12. The van der Waals surface area contributed by atoms with E-state index in [9.17, 15) is 4.79 Å². The first-order valence-corrected chi connectivity index (χ1v) is 7.98. The van der Waals surface area contributed by atoms with Crippen molar-refractivity contribution in [3.05, 3.63) is 71.3 Å². The number of hydrogen-bond acceptors (Lipinski definition) is 2. The minimum atomic E-state index is 0.155. The average molecular weight is 294 g/mol. The summed E-state index contributed by atoms with van der Waals surface area (Å²) in [6, 6.07) is 18.8. The molecule has 0 radical (unpaired) electrons. The van der Waals surface area contributed by atoms with E-state index in [-0.39, 0.29) is 5.12 Å². The van der Waals surface area contributed by atoms with Gasteiger partial charge in [-0.2, -0.15) is 0 Å². The molecule has 0 atom stereocenters. The molecule has 1 nitrogen and oxygen atoms in total. The molecule has 0 saturated heterocycles. The van der Waals surface area contributed by atoms with E-state index in [4.69, 9.17) is 0 Å². The highest BCUT2D eigenvalue weighted by Gasteiger charge is 1.95. The smallest absolute Gasteiger partial charge is 0.185 e. The molecule has 2 aromatic rings. The first-order chi connectivity index (χ1) is 10.2. The molecular formula is C19H18OS. The average Bonchev–Trinajstić information content (AvgIpc) is 2.49. The van der Waals surface area contributed by atoms with Gasteiger partial charge in [-0.3, -0.25) is 4.79 Å². The second-order valence-electron chi connectivity index (χ2n) is 4.75. The lowest BCUT2D eigenvalue weighted by Crippen LogP contribution is -1.87. The molecule has 2 heteroatoms. The zero-order valence-corrected chi connectivity index (χ0v) is 13.0. The highest BCUT2D eigenvalue weighted by Crippen LogP contribution is 2.10. The highest BCUT2D eigenvalue weighted by molar-refractivity contribution is 8.13. The van der Waals surface area contributed by atoms with Crippen molar-refractivity contribution < 1.29 is 4.79 Å². The largest absolute Gasteiger partial charge is 0.288 e. The predicted molar refractivity (Wildman–Crippen MR) is 90.3 cm³/mol. The molecule has 0 unspecified atom stereocenters. The van der Waals surface area contributed by atoms with Crippen LogP contribution in [0.4, 0.5) is 0 Å². The Morgan fingerprint density at radius 3 is 2.33 bits per heavy atom. The van der Waals surface area contributed by atoms with Crippen molar-refractivity contribution >= 4 is 16.9 Å². The van der Waals surface area contributed by atoms with Crippen molar-refractivity contribution in [1.82, 2.24) is 0 Å². The van der Waals surface area contributed by atoms with Crippen molar-refractivity contribution in [2.75, 3.05) is 5.75 Å². The monoisotopic (exact) mass is 294 g/mol. The summed E-state index contributed by atoms with van der Waals surface area (Å²) < 4.78 is 0. The fourth-order valence-electron chi connectivity index (χ4n) is 1.95. The molecule has 0 fully saturated rings. The molecule has 0 aromatic heterocycles. The predicted octanol–water partition coefficient (Wildman–Crippen LogP) is 4.30. The molecule has 2 aromatic carbocycles. The number of carbonyl (C=O) groups is 1. The van der Waals surface area contributed by atoms with E-state index >= 15 is 0 Å². The number of rotatable bonds is 4. The fourth-order valence-corrected chi connectivity index (χ4v) is 2.44. The summed E-state index contributed by atoms with van der Waals surface area (Å²) in [5.74, 6) is 7.01. The van der Waals surface area contributed by atoms with Crippen molar-refractivity contribution in [3.63, 3.8) is 0 Å². The first-order valence-electron chi connectivity index (χ1n) is 6.99. The van der Waals surface area contributed by atoms with Crippen molar-refractivity contribution in [2.45, 2.75) is 19.8 Å². The SMILES string of the molecule is CC(=O)SCCC#Cc1ccc(Cc2ccccc2)cc1. The minimum absolute atomic E-state index is 0.155. The molecule has 0 aliphatic carbocycles. The van der Waals surface area contributed by atoms with Crippen LogP contribution in [0.25, 0.3) is 0 Å². The highest BCUT2D eigenvalue weighted by atomic mass is 32.2. The van der Waals surface area contributed by atoms with Gasteiger partial charge in [0.05, 0.1) is 0 Å². The van der Waals surface area contributed by atoms with E-state index in [1.54, 1.807) is 6.92 Å². The van der Waals surface area contributed by atoms with Crippen LogP contribution >= 0.6 is 11.8 Å². The van der Waals surface area contributed by atoms with Crippen LogP contribution in [0.2, 0.25) is 0 Å². The van der Waals surface area contributed by atoms with Crippen LogP contribution in [0, 0.1) is 11.8 Å². The fraction of sp³-hybridized carbons (Fsp3) is 0.211. The van der Waals surface area contributed by atoms with Gasteiger partial charge in [0.2, 0.25) is 0 Å². The zero-order chi connectivity index (χ0) is 14.9. The summed E-state index contributed by atoms with van der Waals surface area (Å²) in [7, 11) is 0. The van der Waals surface area contributed by atoms with E-state index in [1.807, 2.05) is 6.07 Å². The minimum Gasteiger partial charge on any atom is -0.288 e. The molecule has 0 amide bonds. The lowest BCUT2D eigenvalue weighted by Gasteiger charge is -2.01. The molecule has 106 valence electrons. The van der Waals surface area contributed by atoms with Gasteiger partial charge in [0, 0.05) is 24.7 Å². The summed E-state index contributed by atoms with van der Waals surface area (Å²) >= 11 is 1.33. The molecule has 0 aliphatic rings. The van der Waals surface area contributed by atoms with Gasteiger partial charge < -0.3 is 0 Å². The summed E-state index contributed by atoms with van der Waals surface area (Å²) in [4.78, 5) is 10.8. The van der Waals surface area contributed by atoms with Gasteiger partial charge in [-0.15, -0.1) is 0 Å². The number of benzene rings is 2. The molecule has 0 heterocycles. The normalized spacial score (nSPS) is 9.76. The molecule has 0 N–H and O–H groups in total. The maximum absolute atomic E-state index is 10.8. The number of carbonyl (C=O) groups excluding carboxylic acids is 1. The van der Waals surface area contributed by atoms with E-state index < -0.39 is 0 Å². The molecule has 21 heavy (non-hydrogen) atoms. The van der Waals surface area contributed by atoms with Crippen LogP contribution in [0.1, 0.15) is 30.0 Å². The lowest BCUT2D eigenvalue weighted by molar-refractivity contribution is -0.109. The Hall–Kier alpha value is -1.98. The van der Waals surface area contributed by atoms with Crippen LogP contribution in [0.15, 0.2) is 54.6 Å². The molecule has 0 saturated carbocycles. The van der Waals surface area contributed by atoms with Gasteiger partial charge in [0.25, 0.3) is 0 Å². The van der Waals surface area contributed by atoms with E-state index in [0.29, 0.717) is 0 Å². The molecule has 0 bridgehead atoms. The second-order valence-corrected chi connectivity index (χ2v) is 6.02. The third-order valence-electron chi connectivity index (χ3n) is 2.97. The Labute approximate surface area is 130 Å². The van der Waals surface area contributed by atoms with Gasteiger partial charge in [-0.05, 0) is 29.7 Å². The van der Waals surface area contributed by atoms with Gasteiger partial charge in [0.1, 0.15) is 0 Å². The molecule has 2 rings (SSSR count). The summed E-state index contributed by atoms with van der Waals surface area (Å²) in [5, 5.41) is 0.155. The third-order valence-corrected chi connectivity index (χ3v) is 3.78. The van der Waals surface area contributed by atoms with Crippen LogP contribution in [0.3, 0.4) is 0 Å². The Morgan fingerprint density at radius 1 is 1.00 bits per heavy atom. The Morgan fingerprint density at radius 2 is 1.67 bits per heavy atom. The lowest BCUT2D eigenvalue weighted by atomic mass is 10.0. The maximum atomic E-state index is 10.8. The second kappa shape index (κ2) is 8.34. The van der Waals surface area contributed by atoms with Gasteiger partial charge in [-0.25, -0.2) is 0 Å². The first kappa shape index (κ1) is 15.4. The third kappa shape index (κ3) is 5.89. The Bertz CT molecular complexity index is 633. The number of hydrogen-bond donors (Lipinski definition) is 0. The summed E-state index contributed by atoms with van der Waals surface area (Å²) in [5.41, 5.74) is 3.64. The van der Waals surface area contributed by atoms with Gasteiger partial charge >= 0.3 is 0 Å². The summed E-state index contributed by atoms with van der Waals surface area (Å²) in [6.45, 7) is 1.59. The van der Waals surface area contributed by atoms with Crippen LogP contribution < -0.4 is 0 Å². The standard InChI is InChI=1S/C19H18OS/c1-16(20)21-14-6-5-7-17-10-12-19(13-11-17)15-18-8-3-2-4-9-18/h2-4,8-13H,6,14-15H2,1H3. The molecule has 0 spiro atoms. The quantitative estimate of drug-likeness (QED) is 0.618. The number of thioether (sulfide) groups is 1. The van der Waals surface area contributed by atoms with E-state index in [1.165, 1.54) is 22.9 Å². The van der Waals surface area contributed by atoms with E-state index in [0.717, 1.165) is 24.2 Å². The van der Waals surface area contributed by atoms with Crippen LogP contribution in [-0.2, 0) is 11.2 Å². The van der Waals surface area contributed by atoms with Crippen LogP contribution in [-0.4, -0.2) is 10.9 Å². The van der Waals surface area contributed by atoms with Crippen molar-refractivity contribution in [1.29, 1.82) is 0 Å². The molecular weight excluding hydrogens is 276 g/mol.